The van der Waals surface area contributed by atoms with Gasteiger partial charge in [-0.1, -0.05) is 12.8 Å². The molecule has 2 N–H and O–H groups in total. The zero-order chi connectivity index (χ0) is 17.7. The van der Waals surface area contributed by atoms with Gasteiger partial charge in [-0.25, -0.2) is 4.39 Å². The number of anilines is 1. The third-order valence-corrected chi connectivity index (χ3v) is 4.40. The summed E-state index contributed by atoms with van der Waals surface area (Å²) < 4.78 is 12.9. The van der Waals surface area contributed by atoms with Crippen LogP contribution in [0.4, 0.5) is 10.1 Å². The fourth-order valence-electron chi connectivity index (χ4n) is 3.04. The van der Waals surface area contributed by atoms with Crippen molar-refractivity contribution in [2.24, 2.45) is 0 Å². The van der Waals surface area contributed by atoms with Gasteiger partial charge in [0.15, 0.2) is 0 Å². The van der Waals surface area contributed by atoms with Crippen molar-refractivity contribution in [1.29, 1.82) is 0 Å². The van der Waals surface area contributed by atoms with Crippen LogP contribution in [-0.2, 0) is 9.59 Å². The lowest BCUT2D eigenvalue weighted by atomic mass is 9.97. The second-order valence-electron chi connectivity index (χ2n) is 6.78. The zero-order valence-corrected chi connectivity index (χ0v) is 14.2. The summed E-state index contributed by atoms with van der Waals surface area (Å²) in [6.45, 7) is 3.58. The molecule has 2 rings (SSSR count). The number of aliphatic hydroxyl groups is 1. The van der Waals surface area contributed by atoms with Gasteiger partial charge in [-0.2, -0.15) is 0 Å². The van der Waals surface area contributed by atoms with Gasteiger partial charge < -0.3 is 15.3 Å². The standard InChI is InChI=1S/C18H25FN2O3/c1-13(2)21(17(23)11-18(24)9-3-4-10-18)12-16(22)20-15-7-5-14(19)6-8-15/h5-8,13,24H,3-4,9-12H2,1-2H3,(H,20,22). The van der Waals surface area contributed by atoms with Crippen LogP contribution in [0, 0.1) is 5.82 Å². The van der Waals surface area contributed by atoms with Crippen LogP contribution >= 0.6 is 0 Å². The van der Waals surface area contributed by atoms with Crippen molar-refractivity contribution in [2.45, 2.75) is 57.6 Å². The highest BCUT2D eigenvalue weighted by molar-refractivity contribution is 5.94. The van der Waals surface area contributed by atoms with Crippen LogP contribution in [0.15, 0.2) is 24.3 Å². The normalized spacial score (nSPS) is 16.2. The number of benzene rings is 1. The van der Waals surface area contributed by atoms with Gasteiger partial charge in [0.25, 0.3) is 0 Å². The van der Waals surface area contributed by atoms with Crippen LogP contribution in [0.1, 0.15) is 46.0 Å². The van der Waals surface area contributed by atoms with Crippen molar-refractivity contribution in [2.75, 3.05) is 11.9 Å². The Bertz CT molecular complexity index is 580. The van der Waals surface area contributed by atoms with Gasteiger partial charge in [-0.05, 0) is 51.0 Å². The molecule has 1 aromatic carbocycles. The summed E-state index contributed by atoms with van der Waals surface area (Å²) in [6, 6.07) is 5.31. The number of nitrogens with one attached hydrogen (secondary N) is 1. The SMILES string of the molecule is CC(C)N(CC(=O)Nc1ccc(F)cc1)C(=O)CC1(O)CCCC1. The minimum Gasteiger partial charge on any atom is -0.389 e. The van der Waals surface area contributed by atoms with E-state index in [0.717, 1.165) is 12.8 Å². The molecule has 0 aliphatic heterocycles. The van der Waals surface area contributed by atoms with Crippen molar-refractivity contribution in [3.63, 3.8) is 0 Å². The van der Waals surface area contributed by atoms with E-state index in [2.05, 4.69) is 5.32 Å². The maximum absolute atomic E-state index is 12.9. The second kappa shape index (κ2) is 7.75. The van der Waals surface area contributed by atoms with Crippen LogP contribution in [0.2, 0.25) is 0 Å². The first-order chi connectivity index (χ1) is 11.3. The van der Waals surface area contributed by atoms with Crippen molar-refractivity contribution in [3.05, 3.63) is 30.1 Å². The zero-order valence-electron chi connectivity index (χ0n) is 14.2. The average Bonchev–Trinajstić information content (AvgIpc) is 2.93. The Hall–Kier alpha value is -1.95. The molecule has 0 saturated heterocycles. The molecule has 6 heteroatoms. The fraction of sp³-hybridized carbons (Fsp3) is 0.556. The Morgan fingerprint density at radius 3 is 2.38 bits per heavy atom. The molecule has 1 aromatic rings. The number of rotatable bonds is 6. The number of nitrogens with zero attached hydrogens (tertiary/aromatic N) is 1. The van der Waals surface area contributed by atoms with Gasteiger partial charge in [-0.3, -0.25) is 9.59 Å². The van der Waals surface area contributed by atoms with Gasteiger partial charge >= 0.3 is 0 Å². The largest absolute Gasteiger partial charge is 0.389 e. The molecule has 0 heterocycles. The van der Waals surface area contributed by atoms with Gasteiger partial charge in [0, 0.05) is 11.7 Å². The quantitative estimate of drug-likeness (QED) is 0.839. The fourth-order valence-corrected chi connectivity index (χ4v) is 3.04. The molecule has 0 unspecified atom stereocenters. The third kappa shape index (κ3) is 5.03. The van der Waals surface area contributed by atoms with Crippen LogP contribution in [0.25, 0.3) is 0 Å². The van der Waals surface area contributed by atoms with Gasteiger partial charge in [0.1, 0.15) is 12.4 Å². The van der Waals surface area contributed by atoms with E-state index in [9.17, 15) is 19.1 Å². The predicted molar refractivity (Wildman–Crippen MR) is 89.9 cm³/mol. The van der Waals surface area contributed by atoms with Crippen molar-refractivity contribution >= 4 is 17.5 Å². The average molecular weight is 336 g/mol. The smallest absolute Gasteiger partial charge is 0.244 e. The molecule has 1 aliphatic rings. The topological polar surface area (TPSA) is 69.6 Å². The molecule has 2 amide bonds. The highest BCUT2D eigenvalue weighted by Crippen LogP contribution is 2.33. The van der Waals surface area contributed by atoms with Crippen LogP contribution in [-0.4, -0.2) is 40.0 Å². The van der Waals surface area contributed by atoms with Crippen molar-refractivity contribution < 1.29 is 19.1 Å². The van der Waals surface area contributed by atoms with E-state index in [0.29, 0.717) is 18.5 Å². The van der Waals surface area contributed by atoms with E-state index in [1.54, 1.807) is 0 Å². The van der Waals surface area contributed by atoms with E-state index in [4.69, 9.17) is 0 Å². The first kappa shape index (κ1) is 18.4. The maximum atomic E-state index is 12.9. The Labute approximate surface area is 141 Å². The molecule has 24 heavy (non-hydrogen) atoms. The molecule has 0 radical (unpaired) electrons. The summed E-state index contributed by atoms with van der Waals surface area (Å²) >= 11 is 0. The minimum atomic E-state index is -0.933. The summed E-state index contributed by atoms with van der Waals surface area (Å²) in [5, 5.41) is 13.1. The summed E-state index contributed by atoms with van der Waals surface area (Å²) in [6.07, 6.45) is 3.17. The van der Waals surface area contributed by atoms with E-state index in [1.807, 2.05) is 13.8 Å². The summed E-state index contributed by atoms with van der Waals surface area (Å²) in [7, 11) is 0. The molecule has 1 fully saturated rings. The van der Waals surface area contributed by atoms with Gasteiger partial charge in [0.05, 0.1) is 12.0 Å². The first-order valence-corrected chi connectivity index (χ1v) is 8.36. The van der Waals surface area contributed by atoms with E-state index in [-0.39, 0.29) is 36.6 Å². The first-order valence-electron chi connectivity index (χ1n) is 8.36. The van der Waals surface area contributed by atoms with Gasteiger partial charge in [0.2, 0.25) is 11.8 Å². The summed E-state index contributed by atoms with van der Waals surface area (Å²) in [5.41, 5.74) is -0.454. The Morgan fingerprint density at radius 2 is 1.83 bits per heavy atom. The number of carbonyl (C=O) groups is 2. The number of hydrogen-bond donors (Lipinski definition) is 2. The molecule has 5 nitrogen and oxygen atoms in total. The highest BCUT2D eigenvalue weighted by Gasteiger charge is 2.35. The van der Waals surface area contributed by atoms with Crippen molar-refractivity contribution in [1.82, 2.24) is 4.90 Å². The van der Waals surface area contributed by atoms with E-state index >= 15 is 0 Å². The number of hydrogen-bond acceptors (Lipinski definition) is 3. The number of amides is 2. The van der Waals surface area contributed by atoms with Crippen molar-refractivity contribution in [3.8, 4) is 0 Å². The molecule has 0 atom stereocenters. The molecule has 0 spiro atoms. The number of carbonyl (C=O) groups excluding carboxylic acids is 2. The molecule has 0 aromatic heterocycles. The predicted octanol–water partition coefficient (Wildman–Crippen LogP) is 2.70. The Balaban J connectivity index is 1.95. The van der Waals surface area contributed by atoms with E-state index in [1.165, 1.54) is 29.2 Å². The van der Waals surface area contributed by atoms with Crippen LogP contribution in [0.5, 0.6) is 0 Å². The third-order valence-electron chi connectivity index (χ3n) is 4.40. The van der Waals surface area contributed by atoms with E-state index < -0.39 is 5.60 Å². The molecule has 132 valence electrons. The molecular weight excluding hydrogens is 311 g/mol. The monoisotopic (exact) mass is 336 g/mol. The molecule has 0 bridgehead atoms. The Kier molecular flexibility index (Phi) is 5.94. The molecule has 1 aliphatic carbocycles. The summed E-state index contributed by atoms with van der Waals surface area (Å²) in [5.74, 6) is -0.942. The summed E-state index contributed by atoms with van der Waals surface area (Å²) in [4.78, 5) is 26.2. The molecule has 1 saturated carbocycles. The molecular formula is C18H25FN2O3. The maximum Gasteiger partial charge on any atom is 0.244 e. The minimum absolute atomic E-state index is 0.0506. The highest BCUT2D eigenvalue weighted by atomic mass is 19.1. The number of halogens is 1. The lowest BCUT2D eigenvalue weighted by Gasteiger charge is -2.30. The lowest BCUT2D eigenvalue weighted by molar-refractivity contribution is -0.140. The Morgan fingerprint density at radius 1 is 1.25 bits per heavy atom. The lowest BCUT2D eigenvalue weighted by Crippen LogP contribution is -2.45. The van der Waals surface area contributed by atoms with Crippen LogP contribution < -0.4 is 5.32 Å². The van der Waals surface area contributed by atoms with Gasteiger partial charge in [-0.15, -0.1) is 0 Å². The van der Waals surface area contributed by atoms with Crippen LogP contribution in [0.3, 0.4) is 0 Å². The second-order valence-corrected chi connectivity index (χ2v) is 6.78.